The zero-order valence-electron chi connectivity index (χ0n) is 9.27. The van der Waals surface area contributed by atoms with Gasteiger partial charge < -0.3 is 4.74 Å². The Kier molecular flexibility index (Phi) is 4.31. The maximum atomic E-state index is 6.01. The molecule has 0 atom stereocenters. The standard InChI is InChI=1S/C10H14ClIN2O/c1-5-15-10(3,4)9-13-6(2)7(12)8(11)14-9/h5H2,1-4H3. The molecule has 1 aromatic rings. The molecule has 5 heteroatoms. The number of hydrogen-bond acceptors (Lipinski definition) is 3. The van der Waals surface area contributed by atoms with E-state index in [1.807, 2.05) is 27.7 Å². The Morgan fingerprint density at radius 2 is 2.00 bits per heavy atom. The third-order valence-corrected chi connectivity index (χ3v) is 3.90. The molecule has 0 saturated carbocycles. The van der Waals surface area contributed by atoms with Gasteiger partial charge >= 0.3 is 0 Å². The van der Waals surface area contributed by atoms with Gasteiger partial charge in [0.25, 0.3) is 0 Å². The molecule has 0 bridgehead atoms. The molecular formula is C10H14ClIN2O. The summed E-state index contributed by atoms with van der Waals surface area (Å²) < 4.78 is 6.47. The van der Waals surface area contributed by atoms with E-state index in [-0.39, 0.29) is 0 Å². The highest BCUT2D eigenvalue weighted by Crippen LogP contribution is 2.25. The second-order valence-electron chi connectivity index (χ2n) is 3.68. The molecule has 1 rings (SSSR count). The van der Waals surface area contributed by atoms with Gasteiger partial charge in [-0.2, -0.15) is 0 Å². The van der Waals surface area contributed by atoms with Gasteiger partial charge in [-0.15, -0.1) is 0 Å². The summed E-state index contributed by atoms with van der Waals surface area (Å²) in [6.45, 7) is 8.37. The minimum Gasteiger partial charge on any atom is -0.368 e. The first kappa shape index (κ1) is 13.1. The van der Waals surface area contributed by atoms with Gasteiger partial charge in [0, 0.05) is 6.61 Å². The smallest absolute Gasteiger partial charge is 0.161 e. The van der Waals surface area contributed by atoms with Crippen LogP contribution >= 0.6 is 34.2 Å². The van der Waals surface area contributed by atoms with Crippen LogP contribution in [0.2, 0.25) is 5.15 Å². The predicted molar refractivity (Wildman–Crippen MR) is 69.1 cm³/mol. The van der Waals surface area contributed by atoms with Crippen molar-refractivity contribution in [2.45, 2.75) is 33.3 Å². The minimum atomic E-state index is -0.493. The lowest BCUT2D eigenvalue weighted by atomic mass is 10.1. The topological polar surface area (TPSA) is 35.0 Å². The van der Waals surface area contributed by atoms with Gasteiger partial charge in [0.1, 0.15) is 10.8 Å². The number of halogens is 2. The molecule has 3 nitrogen and oxygen atoms in total. The van der Waals surface area contributed by atoms with Crippen molar-refractivity contribution in [3.8, 4) is 0 Å². The van der Waals surface area contributed by atoms with Gasteiger partial charge in [-0.25, -0.2) is 9.97 Å². The van der Waals surface area contributed by atoms with Crippen LogP contribution in [0.3, 0.4) is 0 Å². The Balaban J connectivity index is 3.16. The van der Waals surface area contributed by atoms with Crippen molar-refractivity contribution < 1.29 is 4.74 Å². The van der Waals surface area contributed by atoms with E-state index in [1.54, 1.807) is 0 Å². The third-order valence-electron chi connectivity index (χ3n) is 2.02. The number of rotatable bonds is 3. The molecule has 0 fully saturated rings. The second kappa shape index (κ2) is 4.93. The van der Waals surface area contributed by atoms with Crippen LogP contribution in [0.1, 0.15) is 32.3 Å². The summed E-state index contributed by atoms with van der Waals surface area (Å²) in [7, 11) is 0. The molecule has 0 aliphatic carbocycles. The Morgan fingerprint density at radius 1 is 1.40 bits per heavy atom. The molecule has 0 aliphatic rings. The lowest BCUT2D eigenvalue weighted by Gasteiger charge is -2.23. The van der Waals surface area contributed by atoms with Gasteiger partial charge in [-0.1, -0.05) is 11.6 Å². The fraction of sp³-hybridized carbons (Fsp3) is 0.600. The molecule has 0 N–H and O–H groups in total. The van der Waals surface area contributed by atoms with Crippen LogP contribution in [0.25, 0.3) is 0 Å². The summed E-state index contributed by atoms with van der Waals surface area (Å²) in [4.78, 5) is 8.64. The van der Waals surface area contributed by atoms with Crippen molar-refractivity contribution in [1.29, 1.82) is 0 Å². The zero-order valence-corrected chi connectivity index (χ0v) is 12.2. The van der Waals surface area contributed by atoms with Gasteiger partial charge in [-0.3, -0.25) is 0 Å². The van der Waals surface area contributed by atoms with Crippen molar-refractivity contribution >= 4 is 34.2 Å². The fourth-order valence-corrected chi connectivity index (χ4v) is 1.68. The summed E-state index contributed by atoms with van der Waals surface area (Å²) in [6, 6.07) is 0. The lowest BCUT2D eigenvalue weighted by molar-refractivity contribution is -0.0209. The average Bonchev–Trinajstić information content (AvgIpc) is 2.13. The monoisotopic (exact) mass is 340 g/mol. The third kappa shape index (κ3) is 3.01. The van der Waals surface area contributed by atoms with E-state index < -0.39 is 5.60 Å². The van der Waals surface area contributed by atoms with E-state index in [2.05, 4.69) is 32.6 Å². The normalized spacial score (nSPS) is 11.9. The van der Waals surface area contributed by atoms with Gasteiger partial charge in [0.2, 0.25) is 0 Å². The number of aryl methyl sites for hydroxylation is 1. The Bertz CT molecular complexity index is 345. The maximum absolute atomic E-state index is 6.01. The number of ether oxygens (including phenoxy) is 1. The molecule has 0 unspecified atom stereocenters. The van der Waals surface area contributed by atoms with Crippen LogP contribution in [0, 0.1) is 10.5 Å². The number of aromatic nitrogens is 2. The van der Waals surface area contributed by atoms with Crippen LogP contribution in [0.4, 0.5) is 0 Å². The molecule has 1 aromatic heterocycles. The van der Waals surface area contributed by atoms with Crippen molar-refractivity contribution in [3.63, 3.8) is 0 Å². The molecular weight excluding hydrogens is 326 g/mol. The van der Waals surface area contributed by atoms with Crippen molar-refractivity contribution in [1.82, 2.24) is 9.97 Å². The van der Waals surface area contributed by atoms with Crippen LogP contribution in [0.5, 0.6) is 0 Å². The lowest BCUT2D eigenvalue weighted by Crippen LogP contribution is -2.25. The summed E-state index contributed by atoms with van der Waals surface area (Å²) in [6.07, 6.45) is 0. The molecule has 0 aliphatic heterocycles. The zero-order chi connectivity index (χ0) is 11.6. The molecule has 0 spiro atoms. The highest BCUT2D eigenvalue weighted by atomic mass is 127. The van der Waals surface area contributed by atoms with Crippen molar-refractivity contribution in [2.75, 3.05) is 6.61 Å². The van der Waals surface area contributed by atoms with E-state index in [1.165, 1.54) is 0 Å². The van der Waals surface area contributed by atoms with E-state index in [4.69, 9.17) is 16.3 Å². The summed E-state index contributed by atoms with van der Waals surface area (Å²) in [5.41, 5.74) is 0.395. The van der Waals surface area contributed by atoms with Crippen LogP contribution in [0.15, 0.2) is 0 Å². The number of nitrogens with zero attached hydrogens (tertiary/aromatic N) is 2. The average molecular weight is 341 g/mol. The molecule has 15 heavy (non-hydrogen) atoms. The quantitative estimate of drug-likeness (QED) is 0.625. The highest BCUT2D eigenvalue weighted by Gasteiger charge is 2.25. The predicted octanol–water partition coefficient (Wildman–Crippen LogP) is 3.31. The first-order valence-electron chi connectivity index (χ1n) is 4.72. The molecule has 0 aromatic carbocycles. The van der Waals surface area contributed by atoms with Crippen LogP contribution in [-0.4, -0.2) is 16.6 Å². The minimum absolute atomic E-state index is 0.492. The van der Waals surface area contributed by atoms with Crippen LogP contribution < -0.4 is 0 Å². The van der Waals surface area contributed by atoms with Crippen molar-refractivity contribution in [3.05, 3.63) is 20.2 Å². The SMILES string of the molecule is CCOC(C)(C)c1nc(C)c(I)c(Cl)n1. The van der Waals surface area contributed by atoms with E-state index in [0.717, 1.165) is 9.26 Å². The largest absolute Gasteiger partial charge is 0.368 e. The molecule has 1 heterocycles. The number of hydrogen-bond donors (Lipinski definition) is 0. The maximum Gasteiger partial charge on any atom is 0.161 e. The summed E-state index contributed by atoms with van der Waals surface area (Å²) in [5, 5.41) is 0.492. The fourth-order valence-electron chi connectivity index (χ4n) is 1.22. The highest BCUT2D eigenvalue weighted by molar-refractivity contribution is 14.1. The molecule has 0 saturated heterocycles. The van der Waals surface area contributed by atoms with Crippen molar-refractivity contribution in [2.24, 2.45) is 0 Å². The van der Waals surface area contributed by atoms with Crippen LogP contribution in [-0.2, 0) is 10.3 Å². The summed E-state index contributed by atoms with van der Waals surface area (Å²) >= 11 is 8.15. The molecule has 84 valence electrons. The first-order valence-corrected chi connectivity index (χ1v) is 6.18. The van der Waals surface area contributed by atoms with E-state index >= 15 is 0 Å². The van der Waals surface area contributed by atoms with E-state index in [0.29, 0.717) is 17.6 Å². The van der Waals surface area contributed by atoms with E-state index in [9.17, 15) is 0 Å². The Hall–Kier alpha value is 0.0600. The first-order chi connectivity index (χ1) is 6.88. The molecule has 0 radical (unpaired) electrons. The molecule has 0 amide bonds. The Morgan fingerprint density at radius 3 is 2.47 bits per heavy atom. The van der Waals surface area contributed by atoms with Gasteiger partial charge in [-0.05, 0) is 50.3 Å². The van der Waals surface area contributed by atoms with Gasteiger partial charge in [0.05, 0.1) is 9.26 Å². The summed E-state index contributed by atoms with van der Waals surface area (Å²) in [5.74, 6) is 0.632. The van der Waals surface area contributed by atoms with Gasteiger partial charge in [0.15, 0.2) is 5.82 Å². The second-order valence-corrected chi connectivity index (χ2v) is 5.12. The Labute approximate surface area is 109 Å².